The van der Waals surface area contributed by atoms with Gasteiger partial charge in [-0.25, -0.2) is 0 Å². The molecule has 5 atom stereocenters. The molecule has 198 valence electrons. The molecule has 3 nitrogen and oxygen atoms in total. The number of alkyl halides is 6. The first-order chi connectivity index (χ1) is 16.1. The summed E-state index contributed by atoms with van der Waals surface area (Å²) in [4.78, 5) is 0. The van der Waals surface area contributed by atoms with Crippen molar-refractivity contribution in [3.8, 4) is 0 Å². The standard InChI is InChI=1S/C26H34F6O3/c1-16(5-3-12-24(35,25(27,28)29)26(30,31)32)21-9-10-22-18(6-4-11-23(21,22)2)8-7-17-13-19(33)15-20(34)14-17/h3,7-9,12,16,19-20,22,33-35H,4-6,10-11,13-15H2,1-2H3/t16-,19-,20-,22+,23-/m1/s1. The number of aliphatic hydroxyl groups excluding tert-OH is 2. The second kappa shape index (κ2) is 10.1. The van der Waals surface area contributed by atoms with Crippen molar-refractivity contribution in [3.05, 3.63) is 47.1 Å². The monoisotopic (exact) mass is 508 g/mol. The number of hydrogen-bond donors (Lipinski definition) is 3. The van der Waals surface area contributed by atoms with E-state index in [1.54, 1.807) is 6.92 Å². The first kappa shape index (κ1) is 28.0. The third kappa shape index (κ3) is 5.72. The van der Waals surface area contributed by atoms with Crippen molar-refractivity contribution in [2.75, 3.05) is 0 Å². The van der Waals surface area contributed by atoms with Gasteiger partial charge in [-0.3, -0.25) is 0 Å². The highest BCUT2D eigenvalue weighted by molar-refractivity contribution is 5.35. The van der Waals surface area contributed by atoms with E-state index in [9.17, 15) is 41.7 Å². The van der Waals surface area contributed by atoms with Gasteiger partial charge in [0.1, 0.15) is 0 Å². The summed E-state index contributed by atoms with van der Waals surface area (Å²) in [5, 5.41) is 29.2. The van der Waals surface area contributed by atoms with Crippen molar-refractivity contribution >= 4 is 0 Å². The van der Waals surface area contributed by atoms with Gasteiger partial charge in [-0.05, 0) is 74.7 Å². The molecule has 2 fully saturated rings. The molecule has 3 rings (SSSR count). The van der Waals surface area contributed by atoms with Crippen LogP contribution in [0.4, 0.5) is 26.3 Å². The van der Waals surface area contributed by atoms with Crippen LogP contribution >= 0.6 is 0 Å². The van der Waals surface area contributed by atoms with Crippen LogP contribution in [0.2, 0.25) is 0 Å². The van der Waals surface area contributed by atoms with Gasteiger partial charge in [0.15, 0.2) is 0 Å². The fraction of sp³-hybridized carbons (Fsp3) is 0.692. The van der Waals surface area contributed by atoms with Gasteiger partial charge in [0.25, 0.3) is 5.60 Å². The predicted molar refractivity (Wildman–Crippen MR) is 120 cm³/mol. The molecule has 0 aromatic heterocycles. The summed E-state index contributed by atoms with van der Waals surface area (Å²) in [5.41, 5.74) is -1.87. The van der Waals surface area contributed by atoms with Gasteiger partial charge < -0.3 is 15.3 Å². The van der Waals surface area contributed by atoms with E-state index in [0.29, 0.717) is 19.3 Å². The zero-order chi connectivity index (χ0) is 26.2. The van der Waals surface area contributed by atoms with Crippen molar-refractivity contribution in [1.82, 2.24) is 0 Å². The highest BCUT2D eigenvalue weighted by Crippen LogP contribution is 2.57. The van der Waals surface area contributed by atoms with Gasteiger partial charge in [-0.1, -0.05) is 54.9 Å². The van der Waals surface area contributed by atoms with Crippen LogP contribution in [0.1, 0.15) is 65.2 Å². The zero-order valence-electron chi connectivity index (χ0n) is 20.0. The van der Waals surface area contributed by atoms with E-state index in [4.69, 9.17) is 0 Å². The minimum absolute atomic E-state index is 0.0541. The van der Waals surface area contributed by atoms with E-state index < -0.39 is 30.2 Å². The molecule has 0 spiro atoms. The third-order valence-electron chi connectivity index (χ3n) is 7.93. The molecule has 9 heteroatoms. The Bertz CT molecular complexity index is 872. The Morgan fingerprint density at radius 1 is 1.06 bits per heavy atom. The molecule has 0 aromatic rings. The van der Waals surface area contributed by atoms with Crippen molar-refractivity contribution in [3.63, 3.8) is 0 Å². The molecule has 3 aliphatic carbocycles. The second-order valence-electron chi connectivity index (χ2n) is 10.5. The summed E-state index contributed by atoms with van der Waals surface area (Å²) >= 11 is 0. The van der Waals surface area contributed by atoms with Crippen molar-refractivity contribution in [2.24, 2.45) is 17.3 Å². The fourth-order valence-corrected chi connectivity index (χ4v) is 6.07. The Hall–Kier alpha value is -1.58. The maximum absolute atomic E-state index is 12.9. The number of hydrogen-bond acceptors (Lipinski definition) is 3. The van der Waals surface area contributed by atoms with Gasteiger partial charge in [0, 0.05) is 0 Å². The van der Waals surface area contributed by atoms with Crippen LogP contribution in [0.15, 0.2) is 47.1 Å². The molecular formula is C26H34F6O3. The summed E-state index contributed by atoms with van der Waals surface area (Å²) in [6, 6.07) is 0. The lowest BCUT2D eigenvalue weighted by Crippen LogP contribution is -2.55. The van der Waals surface area contributed by atoms with E-state index in [-0.39, 0.29) is 29.7 Å². The molecule has 2 saturated carbocycles. The Kier molecular flexibility index (Phi) is 8.04. The van der Waals surface area contributed by atoms with E-state index in [2.05, 4.69) is 19.1 Å². The summed E-state index contributed by atoms with van der Waals surface area (Å²) in [6.45, 7) is 3.89. The molecule has 0 amide bonds. The maximum atomic E-state index is 12.9. The molecule has 0 aliphatic heterocycles. The lowest BCUT2D eigenvalue weighted by atomic mass is 9.62. The smallest absolute Gasteiger partial charge is 0.393 e. The molecule has 0 heterocycles. The van der Waals surface area contributed by atoms with Crippen molar-refractivity contribution < 1.29 is 41.7 Å². The van der Waals surface area contributed by atoms with Crippen LogP contribution in [0.5, 0.6) is 0 Å². The summed E-state index contributed by atoms with van der Waals surface area (Å²) in [7, 11) is 0. The molecular weight excluding hydrogens is 474 g/mol. The molecule has 0 saturated heterocycles. The quantitative estimate of drug-likeness (QED) is 0.301. The van der Waals surface area contributed by atoms with E-state index in [1.165, 1.54) is 5.57 Å². The van der Waals surface area contributed by atoms with Crippen LogP contribution in [0, 0.1) is 17.3 Å². The lowest BCUT2D eigenvalue weighted by molar-refractivity contribution is -0.347. The zero-order valence-corrected chi connectivity index (χ0v) is 20.0. The SMILES string of the molecule is C[C@H](CC=CC(O)(C(F)(F)F)C(F)(F)F)C1=CC[C@H]2C(=CC=C3C[C@@H](O)C[C@H](O)C3)CCC[C@]12C. The number of halogens is 6. The molecule has 3 aliphatic rings. The normalized spacial score (nSPS) is 32.7. The average Bonchev–Trinajstić information content (AvgIpc) is 3.07. The Morgan fingerprint density at radius 3 is 2.23 bits per heavy atom. The highest BCUT2D eigenvalue weighted by Gasteiger charge is 2.68. The van der Waals surface area contributed by atoms with Crippen molar-refractivity contribution in [2.45, 2.75) is 95.4 Å². The van der Waals surface area contributed by atoms with Gasteiger partial charge in [0.2, 0.25) is 0 Å². The largest absolute Gasteiger partial charge is 0.429 e. The molecule has 0 aromatic carbocycles. The maximum Gasteiger partial charge on any atom is 0.429 e. The van der Waals surface area contributed by atoms with E-state index in [0.717, 1.165) is 42.9 Å². The van der Waals surface area contributed by atoms with Gasteiger partial charge in [-0.2, -0.15) is 26.3 Å². The molecule has 0 radical (unpaired) electrons. The second-order valence-corrected chi connectivity index (χ2v) is 10.5. The van der Waals surface area contributed by atoms with Crippen molar-refractivity contribution in [1.29, 1.82) is 0 Å². The molecule has 35 heavy (non-hydrogen) atoms. The topological polar surface area (TPSA) is 60.7 Å². The van der Waals surface area contributed by atoms with Crippen LogP contribution in [0.3, 0.4) is 0 Å². The Labute approximate surface area is 201 Å². The Morgan fingerprint density at radius 2 is 1.66 bits per heavy atom. The Balaban J connectivity index is 1.73. The van der Waals surface area contributed by atoms with Crippen LogP contribution < -0.4 is 0 Å². The minimum Gasteiger partial charge on any atom is -0.393 e. The van der Waals surface area contributed by atoms with E-state index in [1.807, 2.05) is 6.08 Å². The minimum atomic E-state index is -5.86. The average molecular weight is 509 g/mol. The van der Waals surface area contributed by atoms with Gasteiger partial charge in [0.05, 0.1) is 12.2 Å². The first-order valence-electron chi connectivity index (χ1n) is 12.1. The number of fused-ring (bicyclic) bond motifs is 1. The molecule has 0 bridgehead atoms. The van der Waals surface area contributed by atoms with Crippen LogP contribution in [-0.4, -0.2) is 45.5 Å². The summed E-state index contributed by atoms with van der Waals surface area (Å²) in [6.07, 6.45) is -1.33. The third-order valence-corrected chi connectivity index (χ3v) is 7.93. The number of allylic oxidation sites excluding steroid dienone is 6. The predicted octanol–water partition coefficient (Wildman–Crippen LogP) is 6.32. The van der Waals surface area contributed by atoms with Crippen LogP contribution in [-0.2, 0) is 0 Å². The van der Waals surface area contributed by atoms with Crippen LogP contribution in [0.25, 0.3) is 0 Å². The summed E-state index contributed by atoms with van der Waals surface area (Å²) in [5.74, 6) is -0.0939. The van der Waals surface area contributed by atoms with E-state index >= 15 is 0 Å². The van der Waals surface area contributed by atoms with Gasteiger partial charge >= 0.3 is 12.4 Å². The number of rotatable bonds is 5. The fourth-order valence-electron chi connectivity index (χ4n) is 6.07. The highest BCUT2D eigenvalue weighted by atomic mass is 19.4. The number of aliphatic hydroxyl groups is 3. The lowest BCUT2D eigenvalue weighted by Gasteiger charge is -2.42. The molecule has 0 unspecified atom stereocenters. The first-order valence-corrected chi connectivity index (χ1v) is 12.1. The van der Waals surface area contributed by atoms with Gasteiger partial charge in [-0.15, -0.1) is 0 Å². The molecule has 3 N–H and O–H groups in total. The summed E-state index contributed by atoms with van der Waals surface area (Å²) < 4.78 is 77.6.